The molecule has 0 bridgehead atoms. The van der Waals surface area contributed by atoms with Crippen LogP contribution in [0.3, 0.4) is 0 Å². The van der Waals surface area contributed by atoms with Crippen molar-refractivity contribution in [3.05, 3.63) is 35.9 Å². The van der Waals surface area contributed by atoms with E-state index in [-0.39, 0.29) is 23.7 Å². The van der Waals surface area contributed by atoms with Crippen LogP contribution in [0.2, 0.25) is 0 Å². The van der Waals surface area contributed by atoms with Crippen LogP contribution in [-0.2, 0) is 9.59 Å². The number of piperidine rings is 1. The van der Waals surface area contributed by atoms with E-state index in [9.17, 15) is 9.59 Å². The van der Waals surface area contributed by atoms with Gasteiger partial charge in [0.2, 0.25) is 11.8 Å². The lowest BCUT2D eigenvalue weighted by atomic mass is 9.92. The van der Waals surface area contributed by atoms with Crippen molar-refractivity contribution in [1.29, 1.82) is 0 Å². The van der Waals surface area contributed by atoms with Crippen LogP contribution < -0.4 is 5.73 Å². The van der Waals surface area contributed by atoms with Crippen LogP contribution in [0.25, 0.3) is 0 Å². The molecule has 0 aromatic heterocycles. The van der Waals surface area contributed by atoms with E-state index in [2.05, 4.69) is 0 Å². The number of carbonyl (C=O) groups is 2. The number of hydrogen-bond acceptors (Lipinski definition) is 2. The van der Waals surface area contributed by atoms with Gasteiger partial charge in [0.05, 0.1) is 5.92 Å². The van der Waals surface area contributed by atoms with Gasteiger partial charge in [0.25, 0.3) is 0 Å². The fraction of sp³-hybridized carbons (Fsp3) is 0.500. The number of hydrogen-bond donors (Lipinski definition) is 1. The second-order valence-corrected chi connectivity index (χ2v) is 5.37. The zero-order valence-electron chi connectivity index (χ0n) is 11.9. The number of carbonyl (C=O) groups excluding carboxylic acids is 2. The lowest BCUT2D eigenvalue weighted by Crippen LogP contribution is -2.43. The van der Waals surface area contributed by atoms with Gasteiger partial charge in [-0.2, -0.15) is 0 Å². The van der Waals surface area contributed by atoms with E-state index < -0.39 is 0 Å². The first-order chi connectivity index (χ1) is 9.63. The fourth-order valence-electron chi connectivity index (χ4n) is 2.84. The van der Waals surface area contributed by atoms with E-state index in [4.69, 9.17) is 5.73 Å². The first kappa shape index (κ1) is 14.6. The Kier molecular flexibility index (Phi) is 4.77. The molecule has 20 heavy (non-hydrogen) atoms. The van der Waals surface area contributed by atoms with Crippen molar-refractivity contribution >= 4 is 11.8 Å². The smallest absolute Gasteiger partial charge is 0.230 e. The Morgan fingerprint density at radius 3 is 2.35 bits per heavy atom. The van der Waals surface area contributed by atoms with Crippen molar-refractivity contribution in [3.8, 4) is 0 Å². The number of benzene rings is 1. The van der Waals surface area contributed by atoms with E-state index in [1.165, 1.54) is 0 Å². The maximum absolute atomic E-state index is 12.6. The van der Waals surface area contributed by atoms with Crippen LogP contribution in [0.5, 0.6) is 0 Å². The molecule has 1 saturated heterocycles. The summed E-state index contributed by atoms with van der Waals surface area (Å²) in [4.78, 5) is 25.7. The summed E-state index contributed by atoms with van der Waals surface area (Å²) in [6.07, 6.45) is 2.16. The van der Waals surface area contributed by atoms with Crippen LogP contribution >= 0.6 is 0 Å². The fourth-order valence-corrected chi connectivity index (χ4v) is 2.84. The van der Waals surface area contributed by atoms with E-state index in [1.54, 1.807) is 0 Å². The molecular weight excluding hydrogens is 252 g/mol. The topological polar surface area (TPSA) is 63.4 Å². The van der Waals surface area contributed by atoms with Gasteiger partial charge in [-0.25, -0.2) is 0 Å². The highest BCUT2D eigenvalue weighted by Gasteiger charge is 2.29. The summed E-state index contributed by atoms with van der Waals surface area (Å²) in [5.74, 6) is -0.231. The minimum atomic E-state index is -0.243. The third kappa shape index (κ3) is 3.18. The van der Waals surface area contributed by atoms with Gasteiger partial charge in [0.1, 0.15) is 0 Å². The van der Waals surface area contributed by atoms with Crippen molar-refractivity contribution in [1.82, 2.24) is 4.90 Å². The number of rotatable bonds is 4. The van der Waals surface area contributed by atoms with Crippen molar-refractivity contribution in [3.63, 3.8) is 0 Å². The number of primary amides is 1. The van der Waals surface area contributed by atoms with Gasteiger partial charge in [-0.15, -0.1) is 0 Å². The van der Waals surface area contributed by atoms with Gasteiger partial charge in [0, 0.05) is 19.0 Å². The Morgan fingerprint density at radius 2 is 1.85 bits per heavy atom. The Bertz CT molecular complexity index is 465. The molecule has 1 heterocycles. The molecular formula is C16H22N2O2. The molecule has 108 valence electrons. The Balaban J connectivity index is 2.02. The summed E-state index contributed by atoms with van der Waals surface area (Å²) in [5.41, 5.74) is 6.39. The van der Waals surface area contributed by atoms with Gasteiger partial charge in [0.15, 0.2) is 0 Å². The van der Waals surface area contributed by atoms with Crippen LogP contribution in [0.1, 0.15) is 37.7 Å². The van der Waals surface area contributed by atoms with Crippen molar-refractivity contribution in [2.75, 3.05) is 13.1 Å². The largest absolute Gasteiger partial charge is 0.369 e. The molecule has 1 aliphatic rings. The van der Waals surface area contributed by atoms with E-state index in [1.807, 2.05) is 42.2 Å². The molecule has 2 amide bonds. The second kappa shape index (κ2) is 6.55. The van der Waals surface area contributed by atoms with E-state index >= 15 is 0 Å². The van der Waals surface area contributed by atoms with Crippen LogP contribution in [0.4, 0.5) is 0 Å². The predicted molar refractivity (Wildman–Crippen MR) is 78.0 cm³/mol. The molecule has 4 nitrogen and oxygen atoms in total. The second-order valence-electron chi connectivity index (χ2n) is 5.37. The summed E-state index contributed by atoms with van der Waals surface area (Å²) >= 11 is 0. The summed E-state index contributed by atoms with van der Waals surface area (Å²) < 4.78 is 0. The average Bonchev–Trinajstić information content (AvgIpc) is 2.49. The van der Waals surface area contributed by atoms with Crippen molar-refractivity contribution in [2.24, 2.45) is 11.7 Å². The standard InChI is InChI=1S/C16H22N2O2/c1-2-14(12-6-4-3-5-7-12)16(20)18-10-8-13(9-11-18)15(17)19/h3-7,13-14H,2,8-11H2,1H3,(H2,17,19)/t14-/m1/s1. The van der Waals surface area contributed by atoms with Gasteiger partial charge in [-0.05, 0) is 24.8 Å². The Morgan fingerprint density at radius 1 is 1.25 bits per heavy atom. The highest BCUT2D eigenvalue weighted by molar-refractivity contribution is 5.84. The summed E-state index contributed by atoms with van der Waals surface area (Å²) in [6.45, 7) is 3.30. The minimum Gasteiger partial charge on any atom is -0.369 e. The molecule has 0 spiro atoms. The normalized spacial score (nSPS) is 17.8. The van der Waals surface area contributed by atoms with Crippen molar-refractivity contribution < 1.29 is 9.59 Å². The maximum atomic E-state index is 12.6. The Hall–Kier alpha value is -1.84. The lowest BCUT2D eigenvalue weighted by molar-refractivity contribution is -0.136. The van der Waals surface area contributed by atoms with Crippen LogP contribution in [-0.4, -0.2) is 29.8 Å². The van der Waals surface area contributed by atoms with Crippen LogP contribution in [0.15, 0.2) is 30.3 Å². The molecule has 1 aliphatic heterocycles. The molecule has 1 fully saturated rings. The third-order valence-corrected chi connectivity index (χ3v) is 4.12. The molecule has 1 aromatic carbocycles. The number of amides is 2. The van der Waals surface area contributed by atoms with E-state index in [0.717, 1.165) is 12.0 Å². The molecule has 0 radical (unpaired) electrons. The minimum absolute atomic E-state index is 0.0733. The first-order valence-corrected chi connectivity index (χ1v) is 7.26. The number of likely N-dealkylation sites (tertiary alicyclic amines) is 1. The summed E-state index contributed by atoms with van der Waals surface area (Å²) in [5, 5.41) is 0. The molecule has 1 aromatic rings. The monoisotopic (exact) mass is 274 g/mol. The molecule has 0 unspecified atom stereocenters. The first-order valence-electron chi connectivity index (χ1n) is 7.26. The highest BCUT2D eigenvalue weighted by atomic mass is 16.2. The summed E-state index contributed by atoms with van der Waals surface area (Å²) in [7, 11) is 0. The van der Waals surface area contributed by atoms with E-state index in [0.29, 0.717) is 25.9 Å². The molecule has 0 saturated carbocycles. The van der Waals surface area contributed by atoms with Crippen LogP contribution in [0, 0.1) is 5.92 Å². The zero-order chi connectivity index (χ0) is 14.5. The Labute approximate surface area is 119 Å². The quantitative estimate of drug-likeness (QED) is 0.911. The highest BCUT2D eigenvalue weighted by Crippen LogP contribution is 2.25. The van der Waals surface area contributed by atoms with Gasteiger partial charge < -0.3 is 10.6 Å². The van der Waals surface area contributed by atoms with Gasteiger partial charge in [-0.3, -0.25) is 9.59 Å². The zero-order valence-corrected chi connectivity index (χ0v) is 11.9. The summed E-state index contributed by atoms with van der Waals surface area (Å²) in [6, 6.07) is 9.89. The van der Waals surface area contributed by atoms with Gasteiger partial charge >= 0.3 is 0 Å². The average molecular weight is 274 g/mol. The van der Waals surface area contributed by atoms with Gasteiger partial charge in [-0.1, -0.05) is 37.3 Å². The molecule has 0 aliphatic carbocycles. The predicted octanol–water partition coefficient (Wildman–Crippen LogP) is 1.90. The molecule has 1 atom stereocenters. The maximum Gasteiger partial charge on any atom is 0.230 e. The SMILES string of the molecule is CC[C@@H](C(=O)N1CCC(C(N)=O)CC1)c1ccccc1. The molecule has 2 rings (SSSR count). The number of nitrogens with zero attached hydrogens (tertiary/aromatic N) is 1. The molecule has 4 heteroatoms. The lowest BCUT2D eigenvalue weighted by Gasteiger charge is -2.33. The number of nitrogens with two attached hydrogens (primary N) is 1. The van der Waals surface area contributed by atoms with Crippen molar-refractivity contribution in [2.45, 2.75) is 32.1 Å². The molecule has 2 N–H and O–H groups in total. The third-order valence-electron chi connectivity index (χ3n) is 4.12.